The van der Waals surface area contributed by atoms with Gasteiger partial charge in [-0.3, -0.25) is 9.78 Å². The van der Waals surface area contributed by atoms with Crippen LogP contribution in [0.25, 0.3) is 0 Å². The number of aromatic nitrogens is 3. The molecule has 1 saturated heterocycles. The van der Waals surface area contributed by atoms with E-state index in [1.54, 1.807) is 18.6 Å². The first kappa shape index (κ1) is 17.3. The zero-order valence-corrected chi connectivity index (χ0v) is 14.9. The minimum Gasteiger partial charge on any atom is -0.363 e. The summed E-state index contributed by atoms with van der Waals surface area (Å²) in [5, 5.41) is 0. The second kappa shape index (κ2) is 8.05. The van der Waals surface area contributed by atoms with Crippen LogP contribution in [-0.2, 0) is 6.42 Å². The molecule has 3 rings (SSSR count). The van der Waals surface area contributed by atoms with Crippen molar-refractivity contribution in [1.29, 1.82) is 0 Å². The van der Waals surface area contributed by atoms with Crippen LogP contribution in [0.15, 0.2) is 36.8 Å². The molecule has 0 spiro atoms. The number of likely N-dealkylation sites (tertiary alicyclic amines) is 1. The largest absolute Gasteiger partial charge is 0.363 e. The summed E-state index contributed by atoms with van der Waals surface area (Å²) in [6, 6.07) is 6.35. The number of pyridine rings is 1. The standard InChI is InChI=1S/C19H25N5O/c1-23(2)18-8-5-6-15(22-18)9-10-16-7-3-4-13-24(16)19(25)17-14-20-11-12-21-17/h5-6,8,11-12,14,16H,3-4,7,9-10,13H2,1-2H3. The zero-order chi connectivity index (χ0) is 17.6. The number of carbonyl (C=O) groups is 1. The van der Waals surface area contributed by atoms with Gasteiger partial charge in [-0.1, -0.05) is 6.07 Å². The lowest BCUT2D eigenvalue weighted by atomic mass is 9.96. The monoisotopic (exact) mass is 339 g/mol. The predicted molar refractivity (Wildman–Crippen MR) is 97.6 cm³/mol. The fraction of sp³-hybridized carbons (Fsp3) is 0.474. The third kappa shape index (κ3) is 4.32. The Balaban J connectivity index is 1.67. The van der Waals surface area contributed by atoms with Crippen LogP contribution >= 0.6 is 0 Å². The molecule has 25 heavy (non-hydrogen) atoms. The molecule has 1 aliphatic rings. The highest BCUT2D eigenvalue weighted by atomic mass is 16.2. The topological polar surface area (TPSA) is 62.2 Å². The van der Waals surface area contributed by atoms with Crippen LogP contribution in [0.4, 0.5) is 5.82 Å². The lowest BCUT2D eigenvalue weighted by molar-refractivity contribution is 0.0595. The average Bonchev–Trinajstić information content (AvgIpc) is 2.67. The lowest BCUT2D eigenvalue weighted by Crippen LogP contribution is -2.44. The summed E-state index contributed by atoms with van der Waals surface area (Å²) in [5.41, 5.74) is 1.51. The number of rotatable bonds is 5. The molecule has 1 fully saturated rings. The molecule has 1 unspecified atom stereocenters. The van der Waals surface area contributed by atoms with Gasteiger partial charge in [0.25, 0.3) is 5.91 Å². The predicted octanol–water partition coefficient (Wildman–Crippen LogP) is 2.57. The Hall–Kier alpha value is -2.50. The highest BCUT2D eigenvalue weighted by Crippen LogP contribution is 2.23. The second-order valence-electron chi connectivity index (χ2n) is 6.66. The van der Waals surface area contributed by atoms with Crippen LogP contribution in [-0.4, -0.2) is 52.4 Å². The average molecular weight is 339 g/mol. The summed E-state index contributed by atoms with van der Waals surface area (Å²) in [5.74, 6) is 0.960. The molecule has 0 saturated carbocycles. The molecule has 2 aromatic heterocycles. The molecular weight excluding hydrogens is 314 g/mol. The minimum atomic E-state index is -0.00667. The van der Waals surface area contributed by atoms with E-state index >= 15 is 0 Å². The van der Waals surface area contributed by atoms with Crippen molar-refractivity contribution in [2.75, 3.05) is 25.5 Å². The Bertz CT molecular complexity index is 704. The molecule has 6 nitrogen and oxygen atoms in total. The smallest absolute Gasteiger partial charge is 0.274 e. The van der Waals surface area contributed by atoms with E-state index in [1.165, 1.54) is 6.42 Å². The molecule has 3 heterocycles. The van der Waals surface area contributed by atoms with Crippen molar-refractivity contribution < 1.29 is 4.79 Å². The molecular formula is C19H25N5O. The normalized spacial score (nSPS) is 17.4. The van der Waals surface area contributed by atoms with Crippen LogP contribution in [0.3, 0.4) is 0 Å². The van der Waals surface area contributed by atoms with Crippen molar-refractivity contribution in [3.05, 3.63) is 48.2 Å². The molecule has 0 radical (unpaired) electrons. The molecule has 1 atom stereocenters. The first-order valence-electron chi connectivity index (χ1n) is 8.85. The van der Waals surface area contributed by atoms with Crippen molar-refractivity contribution in [1.82, 2.24) is 19.9 Å². The number of anilines is 1. The van der Waals surface area contributed by atoms with Gasteiger partial charge in [-0.2, -0.15) is 0 Å². The van der Waals surface area contributed by atoms with Crippen LogP contribution in [0.2, 0.25) is 0 Å². The summed E-state index contributed by atoms with van der Waals surface area (Å²) in [4.78, 5) is 29.6. The molecule has 0 aliphatic carbocycles. The number of hydrogen-bond acceptors (Lipinski definition) is 5. The van der Waals surface area contributed by atoms with E-state index in [4.69, 9.17) is 0 Å². The molecule has 0 bridgehead atoms. The van der Waals surface area contributed by atoms with Crippen molar-refractivity contribution in [2.45, 2.75) is 38.1 Å². The first-order valence-corrected chi connectivity index (χ1v) is 8.85. The maximum atomic E-state index is 12.8. The number of hydrogen-bond donors (Lipinski definition) is 0. The molecule has 2 aromatic rings. The van der Waals surface area contributed by atoms with E-state index in [9.17, 15) is 4.79 Å². The van der Waals surface area contributed by atoms with Crippen LogP contribution in [0.5, 0.6) is 0 Å². The van der Waals surface area contributed by atoms with Gasteiger partial charge < -0.3 is 9.80 Å². The van der Waals surface area contributed by atoms with Gasteiger partial charge in [-0.05, 0) is 44.2 Å². The van der Waals surface area contributed by atoms with Gasteiger partial charge in [-0.15, -0.1) is 0 Å². The van der Waals surface area contributed by atoms with E-state index in [0.29, 0.717) is 5.69 Å². The van der Waals surface area contributed by atoms with Crippen molar-refractivity contribution in [3.63, 3.8) is 0 Å². The molecule has 1 aliphatic heterocycles. The van der Waals surface area contributed by atoms with Gasteiger partial charge in [0.15, 0.2) is 0 Å². The van der Waals surface area contributed by atoms with E-state index in [0.717, 1.165) is 43.7 Å². The van der Waals surface area contributed by atoms with Crippen molar-refractivity contribution in [3.8, 4) is 0 Å². The summed E-state index contributed by atoms with van der Waals surface area (Å²) < 4.78 is 0. The molecule has 1 amide bonds. The number of piperidine rings is 1. The van der Waals surface area contributed by atoms with Gasteiger partial charge in [0.2, 0.25) is 0 Å². The Labute approximate surface area is 148 Å². The van der Waals surface area contributed by atoms with E-state index in [1.807, 2.05) is 36.0 Å². The Morgan fingerprint density at radius 2 is 2.16 bits per heavy atom. The van der Waals surface area contributed by atoms with Crippen molar-refractivity contribution >= 4 is 11.7 Å². The second-order valence-corrected chi connectivity index (χ2v) is 6.66. The number of amides is 1. The Morgan fingerprint density at radius 3 is 2.92 bits per heavy atom. The zero-order valence-electron chi connectivity index (χ0n) is 14.9. The van der Waals surface area contributed by atoms with E-state index < -0.39 is 0 Å². The number of carbonyl (C=O) groups excluding carboxylic acids is 1. The van der Waals surface area contributed by atoms with Gasteiger partial charge >= 0.3 is 0 Å². The molecule has 6 heteroatoms. The third-order valence-corrected chi connectivity index (χ3v) is 4.65. The molecule has 0 N–H and O–H groups in total. The molecule has 132 valence electrons. The van der Waals surface area contributed by atoms with Gasteiger partial charge in [0.05, 0.1) is 6.20 Å². The summed E-state index contributed by atoms with van der Waals surface area (Å²) in [7, 11) is 3.99. The fourth-order valence-electron chi connectivity index (χ4n) is 3.29. The van der Waals surface area contributed by atoms with Crippen LogP contribution in [0.1, 0.15) is 41.9 Å². The number of aryl methyl sites for hydroxylation is 1. The third-order valence-electron chi connectivity index (χ3n) is 4.65. The Kier molecular flexibility index (Phi) is 5.58. The number of nitrogens with zero attached hydrogens (tertiary/aromatic N) is 5. The van der Waals surface area contributed by atoms with Crippen LogP contribution in [0, 0.1) is 0 Å². The SMILES string of the molecule is CN(C)c1cccc(CCC2CCCCN2C(=O)c2cnccn2)n1. The first-order chi connectivity index (χ1) is 12.1. The highest BCUT2D eigenvalue weighted by molar-refractivity contribution is 5.92. The summed E-state index contributed by atoms with van der Waals surface area (Å²) >= 11 is 0. The van der Waals surface area contributed by atoms with Gasteiger partial charge in [0.1, 0.15) is 11.5 Å². The summed E-state index contributed by atoms with van der Waals surface area (Å²) in [6.07, 6.45) is 9.77. The lowest BCUT2D eigenvalue weighted by Gasteiger charge is -2.35. The fourth-order valence-corrected chi connectivity index (χ4v) is 3.29. The summed E-state index contributed by atoms with van der Waals surface area (Å²) in [6.45, 7) is 0.797. The van der Waals surface area contributed by atoms with Gasteiger partial charge in [0, 0.05) is 44.8 Å². The van der Waals surface area contributed by atoms with Gasteiger partial charge in [-0.25, -0.2) is 9.97 Å². The minimum absolute atomic E-state index is 0.00667. The highest BCUT2D eigenvalue weighted by Gasteiger charge is 2.28. The Morgan fingerprint density at radius 1 is 1.28 bits per heavy atom. The van der Waals surface area contributed by atoms with Crippen LogP contribution < -0.4 is 4.90 Å². The quantitative estimate of drug-likeness (QED) is 0.838. The van der Waals surface area contributed by atoms with E-state index in [-0.39, 0.29) is 11.9 Å². The molecule has 0 aromatic carbocycles. The van der Waals surface area contributed by atoms with Crippen molar-refractivity contribution in [2.24, 2.45) is 0 Å². The maximum Gasteiger partial charge on any atom is 0.274 e. The van der Waals surface area contributed by atoms with E-state index in [2.05, 4.69) is 21.0 Å². The maximum absolute atomic E-state index is 12.8.